The van der Waals surface area contributed by atoms with E-state index in [1.165, 1.54) is 19.3 Å². The van der Waals surface area contributed by atoms with E-state index in [4.69, 9.17) is 11.6 Å². The number of rotatable bonds is 5. The van der Waals surface area contributed by atoms with E-state index in [-0.39, 0.29) is 18.0 Å². The number of urea groups is 1. The Bertz CT molecular complexity index is 1050. The molecule has 1 aromatic heterocycles. The van der Waals surface area contributed by atoms with E-state index in [2.05, 4.69) is 15.7 Å². The predicted molar refractivity (Wildman–Crippen MR) is 133 cm³/mol. The minimum Gasteiger partial charge on any atom is -0.338 e. The second-order valence-corrected chi connectivity index (χ2v) is 10.5. The normalized spacial score (nSPS) is 19.8. The molecule has 3 fully saturated rings. The molecule has 2 N–H and O–H groups in total. The number of piperidine rings is 1. The lowest BCUT2D eigenvalue weighted by atomic mass is 9.96. The number of hydrogen-bond donors (Lipinski definition) is 2. The molecule has 7 nitrogen and oxygen atoms in total. The van der Waals surface area contributed by atoms with E-state index >= 15 is 0 Å². The highest BCUT2D eigenvalue weighted by Crippen LogP contribution is 2.43. The molecule has 0 spiro atoms. The van der Waals surface area contributed by atoms with Gasteiger partial charge in [-0.15, -0.1) is 0 Å². The molecule has 2 heterocycles. The molecule has 1 saturated heterocycles. The van der Waals surface area contributed by atoms with Crippen LogP contribution in [0.25, 0.3) is 5.69 Å². The summed E-state index contributed by atoms with van der Waals surface area (Å²) in [5.74, 6) is 0.403. The summed E-state index contributed by atoms with van der Waals surface area (Å²) in [4.78, 5) is 27.8. The molecule has 5 rings (SSSR count). The van der Waals surface area contributed by atoms with Crippen LogP contribution in [0.2, 0.25) is 5.02 Å². The third-order valence-corrected chi connectivity index (χ3v) is 7.87. The van der Waals surface area contributed by atoms with Crippen LogP contribution in [-0.2, 0) is 0 Å². The molecule has 3 amide bonds. The fraction of sp³-hybridized carbons (Fsp3) is 0.577. The smallest absolute Gasteiger partial charge is 0.315 e. The Balaban J connectivity index is 1.21. The Morgan fingerprint density at radius 3 is 2.29 bits per heavy atom. The lowest BCUT2D eigenvalue weighted by Crippen LogP contribution is -2.51. The largest absolute Gasteiger partial charge is 0.338 e. The average molecular weight is 484 g/mol. The standard InChI is InChI=1S/C26H34ClN5O2/c1-17-7-10-21(15-23(17)27)32-24(18-8-9-18)22(16-28-32)25(33)31-13-11-20(12-14-31)30-26(34)29-19-5-3-2-4-6-19/h7,10,15-16,18-20H,2-6,8-9,11-14H2,1H3,(H2,29,30,34). The van der Waals surface area contributed by atoms with E-state index < -0.39 is 0 Å². The van der Waals surface area contributed by atoms with Crippen molar-refractivity contribution >= 4 is 23.5 Å². The van der Waals surface area contributed by atoms with E-state index in [1.54, 1.807) is 6.20 Å². The van der Waals surface area contributed by atoms with Gasteiger partial charge < -0.3 is 15.5 Å². The molecular weight excluding hydrogens is 450 g/mol. The zero-order valence-corrected chi connectivity index (χ0v) is 20.6. The van der Waals surface area contributed by atoms with E-state index in [9.17, 15) is 9.59 Å². The molecule has 8 heteroatoms. The van der Waals surface area contributed by atoms with Crippen LogP contribution in [0.1, 0.15) is 85.3 Å². The summed E-state index contributed by atoms with van der Waals surface area (Å²) in [6.45, 7) is 3.25. The van der Waals surface area contributed by atoms with Gasteiger partial charge in [0.15, 0.2) is 0 Å². The van der Waals surface area contributed by atoms with Crippen LogP contribution in [-0.4, -0.2) is 51.8 Å². The Morgan fingerprint density at radius 1 is 0.971 bits per heavy atom. The number of carbonyl (C=O) groups excluding carboxylic acids is 2. The van der Waals surface area contributed by atoms with Crippen molar-refractivity contribution in [3.63, 3.8) is 0 Å². The molecule has 0 unspecified atom stereocenters. The van der Waals surface area contributed by atoms with Crippen molar-refractivity contribution in [2.24, 2.45) is 0 Å². The van der Waals surface area contributed by atoms with Gasteiger partial charge in [-0.25, -0.2) is 9.48 Å². The Hall–Kier alpha value is -2.54. The summed E-state index contributed by atoms with van der Waals surface area (Å²) in [5.41, 5.74) is 3.60. The minimum absolute atomic E-state index is 0.0384. The maximum atomic E-state index is 13.5. The van der Waals surface area contributed by atoms with Crippen LogP contribution in [0.4, 0.5) is 4.79 Å². The van der Waals surface area contributed by atoms with Crippen LogP contribution in [0.3, 0.4) is 0 Å². The van der Waals surface area contributed by atoms with Crippen molar-refractivity contribution in [3.8, 4) is 5.69 Å². The van der Waals surface area contributed by atoms with Crippen LogP contribution >= 0.6 is 11.6 Å². The molecule has 2 aliphatic carbocycles. The quantitative estimate of drug-likeness (QED) is 0.631. The van der Waals surface area contributed by atoms with Crippen LogP contribution in [0.5, 0.6) is 0 Å². The number of halogens is 1. The lowest BCUT2D eigenvalue weighted by molar-refractivity contribution is 0.0707. The second-order valence-electron chi connectivity index (χ2n) is 10.1. The zero-order chi connectivity index (χ0) is 23.7. The number of nitrogens with zero attached hydrogens (tertiary/aromatic N) is 3. The minimum atomic E-state index is -0.0641. The fourth-order valence-corrected chi connectivity index (χ4v) is 5.42. The number of likely N-dealkylation sites (tertiary alicyclic amines) is 1. The molecule has 0 bridgehead atoms. The molecule has 1 aromatic carbocycles. The van der Waals surface area contributed by atoms with Crippen molar-refractivity contribution in [3.05, 3.63) is 46.2 Å². The topological polar surface area (TPSA) is 79.3 Å². The lowest BCUT2D eigenvalue weighted by Gasteiger charge is -2.33. The average Bonchev–Trinajstić information content (AvgIpc) is 3.59. The summed E-state index contributed by atoms with van der Waals surface area (Å²) in [5, 5.41) is 11.5. The summed E-state index contributed by atoms with van der Waals surface area (Å²) in [7, 11) is 0. The van der Waals surface area contributed by atoms with Gasteiger partial charge in [0.2, 0.25) is 0 Å². The summed E-state index contributed by atoms with van der Waals surface area (Å²) in [6.07, 6.45) is 11.2. The Morgan fingerprint density at radius 2 is 1.65 bits per heavy atom. The molecule has 0 atom stereocenters. The van der Waals surface area contributed by atoms with Gasteiger partial charge >= 0.3 is 6.03 Å². The number of amides is 3. The van der Waals surface area contributed by atoms with E-state index in [0.717, 1.165) is 55.5 Å². The van der Waals surface area contributed by atoms with Gasteiger partial charge in [0.05, 0.1) is 23.1 Å². The second kappa shape index (κ2) is 9.98. The van der Waals surface area contributed by atoms with E-state index in [1.807, 2.05) is 34.7 Å². The van der Waals surface area contributed by atoms with Gasteiger partial charge in [-0.1, -0.05) is 36.9 Å². The Kier molecular flexibility index (Phi) is 6.82. The van der Waals surface area contributed by atoms with Gasteiger partial charge in [0, 0.05) is 36.1 Å². The first kappa shape index (κ1) is 23.2. The first-order chi connectivity index (χ1) is 16.5. The predicted octanol–water partition coefficient (Wildman–Crippen LogP) is 4.95. The van der Waals surface area contributed by atoms with Gasteiger partial charge in [0.1, 0.15) is 0 Å². The van der Waals surface area contributed by atoms with Crippen molar-refractivity contribution in [2.75, 3.05) is 13.1 Å². The number of aromatic nitrogens is 2. The van der Waals surface area contributed by atoms with Crippen LogP contribution in [0.15, 0.2) is 24.4 Å². The number of hydrogen-bond acceptors (Lipinski definition) is 3. The highest BCUT2D eigenvalue weighted by Gasteiger charge is 2.35. The molecule has 182 valence electrons. The van der Waals surface area contributed by atoms with Crippen LogP contribution < -0.4 is 10.6 Å². The number of benzene rings is 1. The van der Waals surface area contributed by atoms with Crippen molar-refractivity contribution in [1.82, 2.24) is 25.3 Å². The number of aryl methyl sites for hydroxylation is 1. The maximum Gasteiger partial charge on any atom is 0.315 e. The molecule has 2 aromatic rings. The third-order valence-electron chi connectivity index (χ3n) is 7.46. The maximum absolute atomic E-state index is 13.5. The van der Waals surface area contributed by atoms with Gasteiger partial charge in [-0.3, -0.25) is 4.79 Å². The van der Waals surface area contributed by atoms with Crippen molar-refractivity contribution in [2.45, 2.75) is 82.7 Å². The van der Waals surface area contributed by atoms with Gasteiger partial charge in [0.25, 0.3) is 5.91 Å². The monoisotopic (exact) mass is 483 g/mol. The summed E-state index contributed by atoms with van der Waals surface area (Å²) >= 11 is 6.36. The third kappa shape index (κ3) is 5.09. The first-order valence-electron chi connectivity index (χ1n) is 12.7. The zero-order valence-electron chi connectivity index (χ0n) is 19.9. The Labute approximate surface area is 206 Å². The summed E-state index contributed by atoms with van der Waals surface area (Å²) < 4.78 is 1.89. The highest BCUT2D eigenvalue weighted by molar-refractivity contribution is 6.31. The number of nitrogens with one attached hydrogen (secondary N) is 2. The molecule has 1 aliphatic heterocycles. The summed E-state index contributed by atoms with van der Waals surface area (Å²) in [6, 6.07) is 6.25. The molecule has 0 radical (unpaired) electrons. The highest BCUT2D eigenvalue weighted by atomic mass is 35.5. The van der Waals surface area contributed by atoms with Gasteiger partial charge in [-0.05, 0) is 63.1 Å². The van der Waals surface area contributed by atoms with Crippen molar-refractivity contribution in [1.29, 1.82) is 0 Å². The first-order valence-corrected chi connectivity index (χ1v) is 13.1. The number of carbonyl (C=O) groups is 2. The molecule has 3 aliphatic rings. The molecular formula is C26H34ClN5O2. The SMILES string of the molecule is Cc1ccc(-n2ncc(C(=O)N3CCC(NC(=O)NC4CCCCC4)CC3)c2C2CC2)cc1Cl. The van der Waals surface area contributed by atoms with Crippen LogP contribution in [0, 0.1) is 6.92 Å². The van der Waals surface area contributed by atoms with Crippen molar-refractivity contribution < 1.29 is 9.59 Å². The molecule has 34 heavy (non-hydrogen) atoms. The van der Waals surface area contributed by atoms with E-state index in [0.29, 0.717) is 35.6 Å². The molecule has 2 saturated carbocycles. The fourth-order valence-electron chi connectivity index (χ4n) is 5.25. The van der Waals surface area contributed by atoms with Gasteiger partial charge in [-0.2, -0.15) is 5.10 Å².